The fourth-order valence-electron chi connectivity index (χ4n) is 3.44. The average Bonchev–Trinajstić information content (AvgIpc) is 2.79. The monoisotopic (exact) mass is 389 g/mol. The summed E-state index contributed by atoms with van der Waals surface area (Å²) < 4.78 is 5.17. The third kappa shape index (κ3) is 4.03. The van der Waals surface area contributed by atoms with Gasteiger partial charge in [0, 0.05) is 55.8 Å². The van der Waals surface area contributed by atoms with Gasteiger partial charge in [-0.1, -0.05) is 12.1 Å². The second kappa shape index (κ2) is 8.26. The van der Waals surface area contributed by atoms with Crippen molar-refractivity contribution in [3.8, 4) is 17.1 Å². The summed E-state index contributed by atoms with van der Waals surface area (Å²) in [5.41, 5.74) is 3.64. The van der Waals surface area contributed by atoms with Crippen LogP contribution in [0, 0.1) is 6.92 Å². The highest BCUT2D eigenvalue weighted by Crippen LogP contribution is 2.24. The van der Waals surface area contributed by atoms with E-state index in [1.165, 1.54) is 0 Å². The number of benzene rings is 1. The molecule has 7 heteroatoms. The maximum absolute atomic E-state index is 13.1. The van der Waals surface area contributed by atoms with Crippen molar-refractivity contribution in [3.05, 3.63) is 66.0 Å². The molecule has 1 fully saturated rings. The van der Waals surface area contributed by atoms with Gasteiger partial charge < -0.3 is 14.5 Å². The van der Waals surface area contributed by atoms with Crippen molar-refractivity contribution in [3.63, 3.8) is 0 Å². The molecule has 2 aromatic heterocycles. The summed E-state index contributed by atoms with van der Waals surface area (Å²) in [5.74, 6) is 1.20. The summed E-state index contributed by atoms with van der Waals surface area (Å²) in [6.07, 6.45) is 3.45. The van der Waals surface area contributed by atoms with Gasteiger partial charge >= 0.3 is 0 Å². The van der Waals surface area contributed by atoms with Crippen molar-refractivity contribution in [2.45, 2.75) is 6.92 Å². The molecule has 0 bridgehead atoms. The molecular formula is C22H23N5O2. The standard InChI is InChI=1S/C22H23N5O2/c1-16-6-7-17(15-18(16)19-5-3-4-9-23-19)21(28)26-11-13-27(14-12-26)22-24-10-8-20(25-22)29-2/h3-10,15H,11-14H2,1-2H3. The van der Waals surface area contributed by atoms with Gasteiger partial charge in [0.25, 0.3) is 5.91 Å². The molecule has 4 rings (SSSR count). The Morgan fingerprint density at radius 3 is 2.55 bits per heavy atom. The molecule has 0 unspecified atom stereocenters. The third-order valence-corrected chi connectivity index (χ3v) is 5.10. The number of piperazine rings is 1. The van der Waals surface area contributed by atoms with Crippen molar-refractivity contribution in [2.24, 2.45) is 0 Å². The predicted octanol–water partition coefficient (Wildman–Crippen LogP) is 2.82. The normalized spacial score (nSPS) is 14.0. The van der Waals surface area contributed by atoms with Crippen molar-refractivity contribution < 1.29 is 9.53 Å². The number of hydrogen-bond acceptors (Lipinski definition) is 6. The van der Waals surface area contributed by atoms with Crippen LogP contribution < -0.4 is 9.64 Å². The zero-order chi connectivity index (χ0) is 20.2. The second-order valence-electron chi connectivity index (χ2n) is 6.92. The van der Waals surface area contributed by atoms with Crippen LogP contribution in [0.1, 0.15) is 15.9 Å². The van der Waals surface area contributed by atoms with Gasteiger partial charge in [-0.3, -0.25) is 9.78 Å². The van der Waals surface area contributed by atoms with Crippen molar-refractivity contribution in [1.29, 1.82) is 0 Å². The van der Waals surface area contributed by atoms with Crippen LogP contribution in [0.5, 0.6) is 5.88 Å². The second-order valence-corrected chi connectivity index (χ2v) is 6.92. The van der Waals surface area contributed by atoms with E-state index in [4.69, 9.17) is 4.74 Å². The van der Waals surface area contributed by atoms with Gasteiger partial charge in [-0.25, -0.2) is 4.98 Å². The molecule has 0 spiro atoms. The number of aromatic nitrogens is 3. The molecule has 1 aliphatic heterocycles. The molecule has 7 nitrogen and oxygen atoms in total. The molecular weight excluding hydrogens is 366 g/mol. The van der Waals surface area contributed by atoms with Gasteiger partial charge in [0.1, 0.15) is 0 Å². The average molecular weight is 389 g/mol. The predicted molar refractivity (Wildman–Crippen MR) is 111 cm³/mol. The van der Waals surface area contributed by atoms with Gasteiger partial charge in [-0.05, 0) is 36.8 Å². The molecule has 1 amide bonds. The van der Waals surface area contributed by atoms with Crippen LogP contribution in [0.2, 0.25) is 0 Å². The molecule has 0 atom stereocenters. The van der Waals surface area contributed by atoms with E-state index in [1.807, 2.05) is 48.2 Å². The number of methoxy groups -OCH3 is 1. The summed E-state index contributed by atoms with van der Waals surface area (Å²) in [4.78, 5) is 30.1. The molecule has 3 heterocycles. The molecule has 0 radical (unpaired) electrons. The largest absolute Gasteiger partial charge is 0.481 e. The minimum Gasteiger partial charge on any atom is -0.481 e. The zero-order valence-corrected chi connectivity index (χ0v) is 16.6. The van der Waals surface area contributed by atoms with Crippen LogP contribution in [0.25, 0.3) is 11.3 Å². The number of anilines is 1. The molecule has 1 saturated heterocycles. The number of pyridine rings is 1. The van der Waals surface area contributed by atoms with E-state index >= 15 is 0 Å². The number of amides is 1. The summed E-state index contributed by atoms with van der Waals surface area (Å²) in [6, 6.07) is 13.3. The first-order chi connectivity index (χ1) is 14.2. The summed E-state index contributed by atoms with van der Waals surface area (Å²) >= 11 is 0. The van der Waals surface area contributed by atoms with Crippen LogP contribution >= 0.6 is 0 Å². The first kappa shape index (κ1) is 18.9. The van der Waals surface area contributed by atoms with E-state index < -0.39 is 0 Å². The number of aryl methyl sites for hydroxylation is 1. The Morgan fingerprint density at radius 2 is 1.83 bits per heavy atom. The summed E-state index contributed by atoms with van der Waals surface area (Å²) in [5, 5.41) is 0. The lowest BCUT2D eigenvalue weighted by atomic mass is 10.0. The molecule has 1 aromatic carbocycles. The first-order valence-electron chi connectivity index (χ1n) is 9.59. The van der Waals surface area contributed by atoms with Crippen LogP contribution in [0.15, 0.2) is 54.9 Å². The molecule has 3 aromatic rings. The highest BCUT2D eigenvalue weighted by molar-refractivity contribution is 5.95. The highest BCUT2D eigenvalue weighted by Gasteiger charge is 2.24. The van der Waals surface area contributed by atoms with Crippen molar-refractivity contribution in [1.82, 2.24) is 19.9 Å². The molecule has 29 heavy (non-hydrogen) atoms. The lowest BCUT2D eigenvalue weighted by Crippen LogP contribution is -2.49. The van der Waals surface area contributed by atoms with E-state index in [9.17, 15) is 4.79 Å². The summed E-state index contributed by atoms with van der Waals surface area (Å²) in [6.45, 7) is 4.62. The maximum atomic E-state index is 13.1. The van der Waals surface area contributed by atoms with E-state index in [0.717, 1.165) is 16.8 Å². The Bertz CT molecular complexity index is 1000. The Balaban J connectivity index is 1.47. The Labute approximate surface area is 170 Å². The number of carbonyl (C=O) groups is 1. The highest BCUT2D eigenvalue weighted by atomic mass is 16.5. The Hall–Kier alpha value is -3.48. The van der Waals surface area contributed by atoms with Crippen LogP contribution in [0.3, 0.4) is 0 Å². The lowest BCUT2D eigenvalue weighted by Gasteiger charge is -2.34. The van der Waals surface area contributed by atoms with Gasteiger partial charge in [-0.2, -0.15) is 4.98 Å². The van der Waals surface area contributed by atoms with E-state index in [1.54, 1.807) is 25.6 Å². The van der Waals surface area contributed by atoms with Crippen LogP contribution in [-0.2, 0) is 0 Å². The quantitative estimate of drug-likeness (QED) is 0.683. The smallest absolute Gasteiger partial charge is 0.253 e. The fourth-order valence-corrected chi connectivity index (χ4v) is 3.44. The molecule has 0 aliphatic carbocycles. The Kier molecular flexibility index (Phi) is 5.37. The fraction of sp³-hybridized carbons (Fsp3) is 0.273. The van der Waals surface area contributed by atoms with Gasteiger partial charge in [0.05, 0.1) is 12.8 Å². The lowest BCUT2D eigenvalue weighted by molar-refractivity contribution is 0.0746. The SMILES string of the molecule is COc1ccnc(N2CCN(C(=O)c3ccc(C)c(-c4ccccn4)c3)CC2)n1. The summed E-state index contributed by atoms with van der Waals surface area (Å²) in [7, 11) is 1.59. The van der Waals surface area contributed by atoms with E-state index in [-0.39, 0.29) is 5.91 Å². The van der Waals surface area contributed by atoms with Gasteiger partial charge in [0.15, 0.2) is 0 Å². The molecule has 1 aliphatic rings. The molecule has 0 saturated carbocycles. The Morgan fingerprint density at radius 1 is 1.00 bits per heavy atom. The third-order valence-electron chi connectivity index (χ3n) is 5.10. The van der Waals surface area contributed by atoms with Crippen molar-refractivity contribution >= 4 is 11.9 Å². The first-order valence-corrected chi connectivity index (χ1v) is 9.59. The van der Waals surface area contributed by atoms with Crippen molar-refractivity contribution in [2.75, 3.05) is 38.2 Å². The van der Waals surface area contributed by atoms with Gasteiger partial charge in [-0.15, -0.1) is 0 Å². The minimum absolute atomic E-state index is 0.0355. The van der Waals surface area contributed by atoms with Crippen LogP contribution in [0.4, 0.5) is 5.95 Å². The number of ether oxygens (including phenoxy) is 1. The van der Waals surface area contributed by atoms with E-state index in [2.05, 4.69) is 19.9 Å². The number of nitrogens with zero attached hydrogens (tertiary/aromatic N) is 5. The van der Waals surface area contributed by atoms with E-state index in [0.29, 0.717) is 43.6 Å². The molecule has 148 valence electrons. The van der Waals surface area contributed by atoms with Gasteiger partial charge in [0.2, 0.25) is 11.8 Å². The number of rotatable bonds is 4. The minimum atomic E-state index is 0.0355. The number of carbonyl (C=O) groups excluding carboxylic acids is 1. The van der Waals surface area contributed by atoms with Crippen LogP contribution in [-0.4, -0.2) is 59.0 Å². The zero-order valence-electron chi connectivity index (χ0n) is 16.6. The number of hydrogen-bond donors (Lipinski definition) is 0. The molecule has 0 N–H and O–H groups in total. The maximum Gasteiger partial charge on any atom is 0.253 e. The topological polar surface area (TPSA) is 71.5 Å².